The zero-order valence-corrected chi connectivity index (χ0v) is 14.1. The van der Waals surface area contributed by atoms with Crippen molar-refractivity contribution in [2.75, 3.05) is 40.6 Å². The molecule has 0 heterocycles. The second kappa shape index (κ2) is 9.80. The summed E-state index contributed by atoms with van der Waals surface area (Å²) in [5.41, 5.74) is 0. The highest BCUT2D eigenvalue weighted by atomic mass is 27.3. The van der Waals surface area contributed by atoms with Gasteiger partial charge in [0.15, 0.2) is 0 Å². The summed E-state index contributed by atoms with van der Waals surface area (Å²) in [5, 5.41) is 2.18. The molecule has 5 nitrogen and oxygen atoms in total. The van der Waals surface area contributed by atoms with Crippen LogP contribution in [0.25, 0.3) is 10.8 Å². The number of hydrogen-bond acceptors (Lipinski definition) is 5. The minimum absolute atomic E-state index is 0.450. The summed E-state index contributed by atoms with van der Waals surface area (Å²) in [6.45, 7) is 1.92. The van der Waals surface area contributed by atoms with Crippen LogP contribution in [0, 0.1) is 0 Å². The number of methoxy groups -OCH3 is 2. The molecule has 0 saturated carbocycles. The topological polar surface area (TPSA) is 46.2 Å². The molecular formula is C16H21AlO5. The third-order valence-electron chi connectivity index (χ3n) is 3.06. The van der Waals surface area contributed by atoms with Crippen molar-refractivity contribution in [1.29, 1.82) is 0 Å². The Bertz CT molecular complexity index is 548. The second-order valence-electron chi connectivity index (χ2n) is 4.61. The summed E-state index contributed by atoms with van der Waals surface area (Å²) >= 11 is -2.29. The van der Waals surface area contributed by atoms with Crippen LogP contribution in [-0.4, -0.2) is 55.8 Å². The van der Waals surface area contributed by atoms with Crippen LogP contribution in [0.2, 0.25) is 0 Å². The molecule has 0 fully saturated rings. The molecule has 0 aliphatic carbocycles. The van der Waals surface area contributed by atoms with Gasteiger partial charge in [-0.1, -0.05) is 36.4 Å². The normalized spacial score (nSPS) is 10.8. The van der Waals surface area contributed by atoms with Crippen LogP contribution in [-0.2, 0) is 17.1 Å². The van der Waals surface area contributed by atoms with Gasteiger partial charge in [0.25, 0.3) is 0 Å². The van der Waals surface area contributed by atoms with Crippen molar-refractivity contribution in [3.8, 4) is 5.75 Å². The molecule has 2 aromatic carbocycles. The molecular weight excluding hydrogens is 299 g/mol. The third kappa shape index (κ3) is 5.25. The van der Waals surface area contributed by atoms with Gasteiger partial charge in [0, 0.05) is 32.8 Å². The summed E-state index contributed by atoms with van der Waals surface area (Å²) in [7, 11) is 3.27. The Morgan fingerprint density at radius 3 is 2.09 bits per heavy atom. The van der Waals surface area contributed by atoms with Crippen molar-refractivity contribution in [2.24, 2.45) is 0 Å². The molecule has 0 N–H and O–H groups in total. The molecule has 0 radical (unpaired) electrons. The molecule has 0 aromatic heterocycles. The minimum Gasteiger partial charge on any atom is -0.598 e. The molecule has 22 heavy (non-hydrogen) atoms. The van der Waals surface area contributed by atoms with Gasteiger partial charge in [-0.15, -0.1) is 0 Å². The highest BCUT2D eigenvalue weighted by molar-refractivity contribution is 6.37. The van der Waals surface area contributed by atoms with Crippen molar-refractivity contribution >= 4 is 25.9 Å². The van der Waals surface area contributed by atoms with Gasteiger partial charge >= 0.3 is 15.1 Å². The Hall–Kier alpha value is -1.13. The highest BCUT2D eigenvalue weighted by Crippen LogP contribution is 2.25. The van der Waals surface area contributed by atoms with E-state index in [-0.39, 0.29) is 0 Å². The van der Waals surface area contributed by atoms with E-state index >= 15 is 0 Å². The maximum absolute atomic E-state index is 6.00. The molecule has 0 atom stereocenters. The van der Waals surface area contributed by atoms with Gasteiger partial charge in [-0.05, 0) is 11.5 Å². The van der Waals surface area contributed by atoms with Gasteiger partial charge in [0.1, 0.15) is 0 Å². The van der Waals surface area contributed by atoms with Crippen LogP contribution in [0.5, 0.6) is 5.75 Å². The van der Waals surface area contributed by atoms with E-state index in [9.17, 15) is 0 Å². The first-order chi connectivity index (χ1) is 10.8. The van der Waals surface area contributed by atoms with Gasteiger partial charge in [-0.2, -0.15) is 0 Å². The van der Waals surface area contributed by atoms with Gasteiger partial charge in [-0.3, -0.25) is 0 Å². The van der Waals surface area contributed by atoms with E-state index in [0.29, 0.717) is 26.4 Å². The molecule has 0 bridgehead atoms. The molecule has 118 valence electrons. The van der Waals surface area contributed by atoms with E-state index < -0.39 is 15.1 Å². The minimum atomic E-state index is -2.29. The predicted octanol–water partition coefficient (Wildman–Crippen LogP) is 2.53. The fraction of sp³-hybridized carbons (Fsp3) is 0.375. The average molecular weight is 320 g/mol. The molecule has 6 heteroatoms. The smallest absolute Gasteiger partial charge is 0.598 e. The average Bonchev–Trinajstić information content (AvgIpc) is 2.55. The van der Waals surface area contributed by atoms with E-state index in [1.54, 1.807) is 14.2 Å². The van der Waals surface area contributed by atoms with Gasteiger partial charge < -0.3 is 20.8 Å². The van der Waals surface area contributed by atoms with Crippen molar-refractivity contribution in [3.63, 3.8) is 0 Å². The van der Waals surface area contributed by atoms with Crippen LogP contribution in [0.3, 0.4) is 0 Å². The van der Waals surface area contributed by atoms with Crippen LogP contribution < -0.4 is 3.79 Å². The maximum Gasteiger partial charge on any atom is 1.00 e. The number of hydrogen-bond donors (Lipinski definition) is 0. The number of ether oxygens (including phenoxy) is 2. The third-order valence-corrected chi connectivity index (χ3v) is 4.52. The van der Waals surface area contributed by atoms with Crippen molar-refractivity contribution < 1.29 is 20.8 Å². The Balaban J connectivity index is 2.06. The maximum atomic E-state index is 6.00. The van der Waals surface area contributed by atoms with Crippen LogP contribution in [0.1, 0.15) is 0 Å². The van der Waals surface area contributed by atoms with E-state index in [1.807, 2.05) is 30.3 Å². The van der Waals surface area contributed by atoms with E-state index in [1.165, 1.54) is 0 Å². The standard InChI is InChI=1S/C10H8O.2C3H7O2.Al/c11-10-7-3-5-8-4-1-2-6-9(8)10;2*1-5-3-2-4;/h1-7,11H;2*2-3H2,1H3;/q;2*-1;+3/p-1. The largest absolute Gasteiger partial charge is 1.00 e. The lowest BCUT2D eigenvalue weighted by atomic mass is 10.1. The zero-order valence-electron chi connectivity index (χ0n) is 13.0. The second-order valence-corrected chi connectivity index (χ2v) is 6.09. The fourth-order valence-electron chi connectivity index (χ4n) is 1.97. The molecule has 2 rings (SSSR count). The first-order valence-corrected chi connectivity index (χ1v) is 8.62. The first-order valence-electron chi connectivity index (χ1n) is 7.20. The van der Waals surface area contributed by atoms with Crippen LogP contribution in [0.4, 0.5) is 0 Å². The molecule has 0 saturated heterocycles. The highest BCUT2D eigenvalue weighted by Gasteiger charge is 2.35. The van der Waals surface area contributed by atoms with Gasteiger partial charge in [0.2, 0.25) is 0 Å². The molecule has 0 amide bonds. The quantitative estimate of drug-likeness (QED) is 0.497. The first kappa shape index (κ1) is 17.2. The number of rotatable bonds is 10. The fourth-order valence-corrected chi connectivity index (χ4v) is 3.20. The number of fused-ring (bicyclic) bond motifs is 1. The Morgan fingerprint density at radius 2 is 1.41 bits per heavy atom. The zero-order chi connectivity index (χ0) is 15.6. The van der Waals surface area contributed by atoms with Gasteiger partial charge in [-0.25, -0.2) is 0 Å². The molecule has 0 spiro atoms. The van der Waals surface area contributed by atoms with Gasteiger partial charge in [0.05, 0.1) is 19.0 Å². The lowest BCUT2D eigenvalue weighted by molar-refractivity contribution is 0.0746. The Kier molecular flexibility index (Phi) is 7.68. The van der Waals surface area contributed by atoms with E-state index in [4.69, 9.17) is 20.8 Å². The molecule has 0 aliphatic heterocycles. The summed E-state index contributed by atoms with van der Waals surface area (Å²) in [6, 6.07) is 14.0. The van der Waals surface area contributed by atoms with Crippen molar-refractivity contribution in [2.45, 2.75) is 0 Å². The predicted molar refractivity (Wildman–Crippen MR) is 86.0 cm³/mol. The Morgan fingerprint density at radius 1 is 0.773 bits per heavy atom. The van der Waals surface area contributed by atoms with E-state index in [0.717, 1.165) is 16.5 Å². The summed E-state index contributed by atoms with van der Waals surface area (Å²) in [6.07, 6.45) is 0. The monoisotopic (exact) mass is 320 g/mol. The SMILES string of the molecule is COCC[O][Al]([O]CCOC)[O]c1cccc2ccccc12. The van der Waals surface area contributed by atoms with E-state index in [2.05, 4.69) is 12.1 Å². The summed E-state index contributed by atoms with van der Waals surface area (Å²) in [5.74, 6) is 0.782. The Labute approximate surface area is 136 Å². The van der Waals surface area contributed by atoms with Crippen LogP contribution in [0.15, 0.2) is 42.5 Å². The summed E-state index contributed by atoms with van der Waals surface area (Å²) < 4.78 is 27.4. The molecule has 0 unspecified atom stereocenters. The van der Waals surface area contributed by atoms with Crippen molar-refractivity contribution in [3.05, 3.63) is 42.5 Å². The van der Waals surface area contributed by atoms with Crippen molar-refractivity contribution in [1.82, 2.24) is 0 Å². The lowest BCUT2D eigenvalue weighted by Crippen LogP contribution is -2.33. The molecule has 2 aromatic rings. The lowest BCUT2D eigenvalue weighted by Gasteiger charge is -2.16. The number of benzene rings is 2. The summed E-state index contributed by atoms with van der Waals surface area (Å²) in [4.78, 5) is 0. The van der Waals surface area contributed by atoms with Crippen LogP contribution >= 0.6 is 0 Å². The molecule has 0 aliphatic rings.